The van der Waals surface area contributed by atoms with E-state index in [1.807, 2.05) is 11.4 Å². The van der Waals surface area contributed by atoms with Crippen LogP contribution in [0.15, 0.2) is 36.1 Å². The molecule has 0 radical (unpaired) electrons. The number of nitrogens with two attached hydrogens (primary N) is 1. The first-order valence-electron chi connectivity index (χ1n) is 11.6. The Labute approximate surface area is 209 Å². The van der Waals surface area contributed by atoms with Crippen LogP contribution in [0.1, 0.15) is 6.42 Å². The van der Waals surface area contributed by atoms with Crippen LogP contribution in [0.25, 0.3) is 0 Å². The molecule has 10 nitrogen and oxygen atoms in total. The van der Waals surface area contributed by atoms with Gasteiger partial charge < -0.3 is 20.7 Å². The molecule has 14 heteroatoms. The van der Waals surface area contributed by atoms with E-state index in [0.717, 1.165) is 17.0 Å². The molecule has 1 aromatic carbocycles. The van der Waals surface area contributed by atoms with Gasteiger partial charge in [-0.1, -0.05) is 12.2 Å². The van der Waals surface area contributed by atoms with Crippen molar-refractivity contribution in [1.82, 2.24) is 15.3 Å². The molecule has 0 aromatic heterocycles. The van der Waals surface area contributed by atoms with Gasteiger partial charge in [-0.15, -0.1) is 0 Å². The van der Waals surface area contributed by atoms with Gasteiger partial charge in [0.05, 0.1) is 25.3 Å². The average molecular weight is 526 g/mol. The maximum atomic E-state index is 15.2. The van der Waals surface area contributed by atoms with Gasteiger partial charge in [0.2, 0.25) is 5.91 Å². The molecule has 0 saturated carbocycles. The molecular formula is C23H26F4N6O4. The number of rotatable bonds is 5. The second-order valence-corrected chi connectivity index (χ2v) is 8.65. The highest BCUT2D eigenvalue weighted by atomic mass is 19.3. The summed E-state index contributed by atoms with van der Waals surface area (Å²) in [6.45, 7) is 0.746. The lowest BCUT2D eigenvalue weighted by Crippen LogP contribution is -2.47. The SMILES string of the molecule is NC1=C/CC(=O)N2CCN(c3c(F)cc(N4C[C@H](CNC(=O)C(F)F)OC4=O)cc3F)CCN2C/C=C\1. The lowest BCUT2D eigenvalue weighted by molar-refractivity contribution is -0.145. The van der Waals surface area contributed by atoms with Gasteiger partial charge in [-0.05, 0) is 6.08 Å². The van der Waals surface area contributed by atoms with Crippen molar-refractivity contribution < 1.29 is 36.7 Å². The fraction of sp³-hybridized carbons (Fsp3) is 0.435. The molecule has 3 aliphatic rings. The topological polar surface area (TPSA) is 111 Å². The molecule has 200 valence electrons. The Balaban J connectivity index is 1.46. The quantitative estimate of drug-likeness (QED) is 0.557. The average Bonchev–Trinajstić information content (AvgIpc) is 3.12. The fourth-order valence-electron chi connectivity index (χ4n) is 4.35. The first-order valence-corrected chi connectivity index (χ1v) is 11.6. The monoisotopic (exact) mass is 526 g/mol. The summed E-state index contributed by atoms with van der Waals surface area (Å²) in [7, 11) is 0. The maximum Gasteiger partial charge on any atom is 0.414 e. The van der Waals surface area contributed by atoms with Gasteiger partial charge in [0.25, 0.3) is 5.91 Å². The molecule has 3 aliphatic heterocycles. The van der Waals surface area contributed by atoms with E-state index in [2.05, 4.69) is 0 Å². The Bertz CT molecular complexity index is 1110. The van der Waals surface area contributed by atoms with E-state index < -0.39 is 36.2 Å². The Morgan fingerprint density at radius 1 is 1.14 bits per heavy atom. The van der Waals surface area contributed by atoms with Crippen molar-refractivity contribution in [2.75, 3.05) is 55.6 Å². The van der Waals surface area contributed by atoms with Crippen molar-refractivity contribution in [1.29, 1.82) is 0 Å². The number of ether oxygens (including phenoxy) is 1. The van der Waals surface area contributed by atoms with Crippen molar-refractivity contribution in [2.24, 2.45) is 5.73 Å². The summed E-state index contributed by atoms with van der Waals surface area (Å²) in [6.07, 6.45) is 0.123. The van der Waals surface area contributed by atoms with Gasteiger partial charge in [0.15, 0.2) is 11.6 Å². The van der Waals surface area contributed by atoms with E-state index in [-0.39, 0.29) is 56.4 Å². The van der Waals surface area contributed by atoms with E-state index in [4.69, 9.17) is 10.5 Å². The Morgan fingerprint density at radius 2 is 1.84 bits per heavy atom. The molecule has 3 N–H and O–H groups in total. The van der Waals surface area contributed by atoms with Crippen LogP contribution in [0.3, 0.4) is 0 Å². The van der Waals surface area contributed by atoms with Gasteiger partial charge in [-0.25, -0.2) is 18.6 Å². The molecule has 3 heterocycles. The molecule has 2 fully saturated rings. The number of halogens is 4. The van der Waals surface area contributed by atoms with E-state index >= 15 is 8.78 Å². The Kier molecular flexibility index (Phi) is 7.86. The van der Waals surface area contributed by atoms with Gasteiger partial charge in [0.1, 0.15) is 11.8 Å². The number of fused-ring (bicyclic) bond motifs is 1. The second kappa shape index (κ2) is 11.1. The summed E-state index contributed by atoms with van der Waals surface area (Å²) in [5.74, 6) is -3.53. The maximum absolute atomic E-state index is 15.2. The summed E-state index contributed by atoms with van der Waals surface area (Å²) >= 11 is 0. The van der Waals surface area contributed by atoms with Crippen LogP contribution in [0.5, 0.6) is 0 Å². The minimum absolute atomic E-state index is 0.100. The Hall–Kier alpha value is -3.81. The normalized spacial score (nSPS) is 23.4. The van der Waals surface area contributed by atoms with Crippen molar-refractivity contribution in [3.05, 3.63) is 47.7 Å². The number of benzene rings is 1. The number of hydrogen-bond donors (Lipinski definition) is 2. The predicted molar refractivity (Wildman–Crippen MR) is 125 cm³/mol. The first-order chi connectivity index (χ1) is 17.6. The van der Waals surface area contributed by atoms with Crippen molar-refractivity contribution >= 4 is 29.3 Å². The van der Waals surface area contributed by atoms with E-state index in [0.29, 0.717) is 18.8 Å². The summed E-state index contributed by atoms with van der Waals surface area (Å²) in [6, 6.07) is 1.97. The number of nitrogens with zero attached hydrogens (tertiary/aromatic N) is 4. The number of hydrogen-bond acceptors (Lipinski definition) is 7. The summed E-state index contributed by atoms with van der Waals surface area (Å²) in [5, 5.41) is 5.29. The molecule has 3 amide bonds. The molecule has 2 saturated heterocycles. The number of carbonyl (C=O) groups excluding carboxylic acids is 3. The van der Waals surface area contributed by atoms with Gasteiger partial charge in [-0.2, -0.15) is 8.78 Å². The lowest BCUT2D eigenvalue weighted by Gasteiger charge is -2.31. The third-order valence-corrected chi connectivity index (χ3v) is 6.18. The molecule has 1 aromatic rings. The number of anilines is 2. The third kappa shape index (κ3) is 5.96. The van der Waals surface area contributed by atoms with Crippen LogP contribution in [0.2, 0.25) is 0 Å². The highest BCUT2D eigenvalue weighted by molar-refractivity contribution is 5.90. The zero-order chi connectivity index (χ0) is 26.7. The summed E-state index contributed by atoms with van der Waals surface area (Å²) in [4.78, 5) is 38.4. The van der Waals surface area contributed by atoms with E-state index in [1.54, 1.807) is 22.2 Å². The number of cyclic esters (lactones) is 1. The van der Waals surface area contributed by atoms with E-state index in [9.17, 15) is 23.2 Å². The Morgan fingerprint density at radius 3 is 2.54 bits per heavy atom. The minimum Gasteiger partial charge on any atom is -0.442 e. The fourth-order valence-corrected chi connectivity index (χ4v) is 4.35. The van der Waals surface area contributed by atoms with Gasteiger partial charge >= 0.3 is 12.5 Å². The second-order valence-electron chi connectivity index (χ2n) is 8.65. The number of allylic oxidation sites excluding steroid dienone is 1. The molecular weight excluding hydrogens is 500 g/mol. The highest BCUT2D eigenvalue weighted by Gasteiger charge is 2.35. The van der Waals surface area contributed by atoms with Crippen molar-refractivity contribution in [3.8, 4) is 0 Å². The molecule has 0 bridgehead atoms. The minimum atomic E-state index is -3.22. The largest absolute Gasteiger partial charge is 0.442 e. The number of alkyl halides is 2. The predicted octanol–water partition coefficient (Wildman–Crippen LogP) is 1.34. The zero-order valence-corrected chi connectivity index (χ0v) is 19.7. The number of amides is 3. The van der Waals surface area contributed by atoms with Crippen molar-refractivity contribution in [3.63, 3.8) is 0 Å². The molecule has 1 atom stereocenters. The number of nitrogens with one attached hydrogen (secondary N) is 1. The van der Waals surface area contributed by atoms with Crippen LogP contribution in [0.4, 0.5) is 33.7 Å². The molecule has 4 rings (SSSR count). The number of carbonyl (C=O) groups is 3. The first kappa shape index (κ1) is 26.3. The molecule has 0 spiro atoms. The molecule has 0 unspecified atom stereocenters. The molecule has 0 aliphatic carbocycles. The zero-order valence-electron chi connectivity index (χ0n) is 19.7. The smallest absolute Gasteiger partial charge is 0.414 e. The van der Waals surface area contributed by atoms with Gasteiger partial charge in [-0.3, -0.25) is 19.5 Å². The van der Waals surface area contributed by atoms with Crippen LogP contribution in [-0.4, -0.2) is 86.3 Å². The van der Waals surface area contributed by atoms with Gasteiger partial charge in [0, 0.05) is 50.4 Å². The van der Waals surface area contributed by atoms with Crippen LogP contribution >= 0.6 is 0 Å². The van der Waals surface area contributed by atoms with Crippen LogP contribution in [-0.2, 0) is 14.3 Å². The lowest BCUT2D eigenvalue weighted by atomic mass is 10.2. The van der Waals surface area contributed by atoms with Crippen LogP contribution in [0, 0.1) is 11.6 Å². The number of hydrazine groups is 1. The third-order valence-electron chi connectivity index (χ3n) is 6.18. The summed E-state index contributed by atoms with van der Waals surface area (Å²) in [5.41, 5.74) is 5.90. The summed E-state index contributed by atoms with van der Waals surface area (Å²) < 4.78 is 60.1. The van der Waals surface area contributed by atoms with E-state index in [1.165, 1.54) is 4.90 Å². The standard InChI is InChI=1S/C23H26F4N6O4/c24-17-10-15(32-13-16(37-23(32)36)12-29-22(35)21(26)27)11-18(25)20(17)30-6-8-31-5-1-2-14(28)3-4-19(34)33(31)9-7-30/h1-3,10-11,16,21H,4-9,12-13,28H2,(H,29,35)/b2-1-,14-3+/t16-/m0/s1. The molecule has 37 heavy (non-hydrogen) atoms. The highest BCUT2D eigenvalue weighted by Crippen LogP contribution is 2.31. The van der Waals surface area contributed by atoms with Crippen LogP contribution < -0.4 is 20.9 Å². The van der Waals surface area contributed by atoms with Crippen molar-refractivity contribution in [2.45, 2.75) is 19.0 Å².